The fourth-order valence-electron chi connectivity index (χ4n) is 2.51. The Morgan fingerprint density at radius 2 is 2.32 bits per heavy atom. The first-order chi connectivity index (χ1) is 9.33. The van der Waals surface area contributed by atoms with Crippen molar-refractivity contribution in [3.8, 4) is 5.88 Å². The van der Waals surface area contributed by atoms with E-state index < -0.39 is 0 Å². The lowest BCUT2D eigenvalue weighted by Crippen LogP contribution is -2.38. The Bertz CT molecular complexity index is 379. The van der Waals surface area contributed by atoms with E-state index in [1.807, 2.05) is 13.0 Å². The van der Waals surface area contributed by atoms with Gasteiger partial charge in [0.15, 0.2) is 0 Å². The van der Waals surface area contributed by atoms with E-state index in [1.165, 1.54) is 12.8 Å². The lowest BCUT2D eigenvalue weighted by Gasteiger charge is -2.30. The van der Waals surface area contributed by atoms with Gasteiger partial charge < -0.3 is 15.0 Å². The molecule has 1 unspecified atom stereocenters. The van der Waals surface area contributed by atoms with Gasteiger partial charge in [-0.1, -0.05) is 0 Å². The highest BCUT2D eigenvalue weighted by atomic mass is 16.5. The van der Waals surface area contributed by atoms with Gasteiger partial charge in [0.25, 0.3) is 0 Å². The average Bonchev–Trinajstić information content (AvgIpc) is 2.46. The van der Waals surface area contributed by atoms with E-state index in [0.717, 1.165) is 32.0 Å². The van der Waals surface area contributed by atoms with Crippen molar-refractivity contribution < 1.29 is 4.74 Å². The van der Waals surface area contributed by atoms with Gasteiger partial charge in [-0.05, 0) is 45.7 Å². The lowest BCUT2D eigenvalue weighted by molar-refractivity contribution is 0.326. The number of piperidine rings is 1. The quantitative estimate of drug-likeness (QED) is 0.847. The molecule has 0 spiro atoms. The van der Waals surface area contributed by atoms with Crippen molar-refractivity contribution in [1.82, 2.24) is 15.3 Å². The molecule has 1 saturated heterocycles. The topological polar surface area (TPSA) is 50.3 Å². The van der Waals surface area contributed by atoms with Gasteiger partial charge in [0.2, 0.25) is 5.88 Å². The van der Waals surface area contributed by atoms with Crippen LogP contribution in [-0.2, 0) is 0 Å². The van der Waals surface area contributed by atoms with Gasteiger partial charge in [-0.2, -0.15) is 0 Å². The number of hydrogen-bond donors (Lipinski definition) is 1. The van der Waals surface area contributed by atoms with Crippen LogP contribution in [0.1, 0.15) is 26.7 Å². The Labute approximate surface area is 115 Å². The van der Waals surface area contributed by atoms with Crippen LogP contribution in [0, 0.1) is 5.92 Å². The van der Waals surface area contributed by atoms with Crippen LogP contribution in [0.25, 0.3) is 0 Å². The fourth-order valence-corrected chi connectivity index (χ4v) is 2.51. The minimum Gasteiger partial charge on any atom is -0.478 e. The van der Waals surface area contributed by atoms with Crippen LogP contribution in [-0.4, -0.2) is 42.8 Å². The zero-order valence-electron chi connectivity index (χ0n) is 11.9. The molecule has 2 rings (SSSR count). The van der Waals surface area contributed by atoms with Crippen LogP contribution < -0.4 is 15.0 Å². The molecular weight excluding hydrogens is 240 g/mol. The average molecular weight is 264 g/mol. The molecule has 0 amide bonds. The first-order valence-corrected chi connectivity index (χ1v) is 7.24. The molecule has 1 N–H and O–H groups in total. The maximum absolute atomic E-state index is 5.44. The third-order valence-electron chi connectivity index (χ3n) is 3.50. The van der Waals surface area contributed by atoms with Gasteiger partial charge in [-0.3, -0.25) is 0 Å². The van der Waals surface area contributed by atoms with Crippen LogP contribution >= 0.6 is 0 Å². The number of hydrogen-bond acceptors (Lipinski definition) is 5. The van der Waals surface area contributed by atoms with Crippen LogP contribution in [0.2, 0.25) is 0 Å². The Balaban J connectivity index is 2.01. The highest BCUT2D eigenvalue weighted by Gasteiger charge is 2.17. The summed E-state index contributed by atoms with van der Waals surface area (Å²) < 4.78 is 5.44. The molecule has 5 heteroatoms. The van der Waals surface area contributed by atoms with Crippen molar-refractivity contribution in [1.29, 1.82) is 0 Å². The molecule has 2 heterocycles. The summed E-state index contributed by atoms with van der Waals surface area (Å²) in [6.07, 6.45) is 4.16. The van der Waals surface area contributed by atoms with E-state index in [1.54, 1.807) is 6.33 Å². The molecular formula is C14H24N4O. The summed E-state index contributed by atoms with van der Waals surface area (Å²) >= 11 is 0. The molecule has 1 aliphatic heterocycles. The van der Waals surface area contributed by atoms with Crippen molar-refractivity contribution in [2.75, 3.05) is 37.7 Å². The van der Waals surface area contributed by atoms with Crippen molar-refractivity contribution in [2.24, 2.45) is 5.92 Å². The summed E-state index contributed by atoms with van der Waals surface area (Å²) in [4.78, 5) is 10.8. The Kier molecular flexibility index (Phi) is 5.39. The van der Waals surface area contributed by atoms with Gasteiger partial charge in [-0.15, -0.1) is 0 Å². The normalized spacial score (nSPS) is 19.2. The van der Waals surface area contributed by atoms with Crippen molar-refractivity contribution >= 4 is 5.82 Å². The fraction of sp³-hybridized carbons (Fsp3) is 0.714. The second-order valence-corrected chi connectivity index (χ2v) is 4.90. The van der Waals surface area contributed by atoms with E-state index in [2.05, 4.69) is 27.1 Å². The summed E-state index contributed by atoms with van der Waals surface area (Å²) in [5.41, 5.74) is 0. The first kappa shape index (κ1) is 14.1. The summed E-state index contributed by atoms with van der Waals surface area (Å²) in [6, 6.07) is 1.93. The zero-order chi connectivity index (χ0) is 13.5. The molecule has 0 radical (unpaired) electrons. The van der Waals surface area contributed by atoms with Crippen LogP contribution in [0.4, 0.5) is 5.82 Å². The summed E-state index contributed by atoms with van der Waals surface area (Å²) in [6.45, 7) is 9.04. The zero-order valence-corrected chi connectivity index (χ0v) is 11.9. The minimum absolute atomic E-state index is 0.634. The van der Waals surface area contributed by atoms with E-state index in [0.29, 0.717) is 18.4 Å². The first-order valence-electron chi connectivity index (χ1n) is 7.24. The Hall–Kier alpha value is -1.36. The smallest absolute Gasteiger partial charge is 0.218 e. The maximum Gasteiger partial charge on any atom is 0.218 e. The number of aromatic nitrogens is 2. The Morgan fingerprint density at radius 1 is 1.42 bits per heavy atom. The largest absolute Gasteiger partial charge is 0.478 e. The molecule has 0 aliphatic carbocycles. The number of anilines is 1. The SMILES string of the molecule is CCOc1cc(N(CC)CC2CCCNC2)ncn1. The third-order valence-corrected chi connectivity index (χ3v) is 3.50. The number of ether oxygens (including phenoxy) is 1. The maximum atomic E-state index is 5.44. The molecule has 0 aromatic carbocycles. The Morgan fingerprint density at radius 3 is 3.00 bits per heavy atom. The monoisotopic (exact) mass is 264 g/mol. The van der Waals surface area contributed by atoms with E-state index >= 15 is 0 Å². The molecule has 1 aromatic rings. The van der Waals surface area contributed by atoms with Gasteiger partial charge in [0, 0.05) is 19.2 Å². The molecule has 5 nitrogen and oxygen atoms in total. The molecule has 1 aromatic heterocycles. The summed E-state index contributed by atoms with van der Waals surface area (Å²) in [5, 5.41) is 3.46. The molecule has 1 fully saturated rings. The highest BCUT2D eigenvalue weighted by Crippen LogP contribution is 2.19. The molecule has 106 valence electrons. The number of rotatable bonds is 6. The van der Waals surface area contributed by atoms with E-state index in [9.17, 15) is 0 Å². The van der Waals surface area contributed by atoms with Crippen molar-refractivity contribution in [2.45, 2.75) is 26.7 Å². The third kappa shape index (κ3) is 4.06. The van der Waals surface area contributed by atoms with Gasteiger partial charge in [-0.25, -0.2) is 9.97 Å². The molecule has 1 atom stereocenters. The van der Waals surface area contributed by atoms with Gasteiger partial charge in [0.05, 0.1) is 6.61 Å². The minimum atomic E-state index is 0.634. The van der Waals surface area contributed by atoms with Gasteiger partial charge >= 0.3 is 0 Å². The lowest BCUT2D eigenvalue weighted by atomic mass is 9.99. The van der Waals surface area contributed by atoms with Crippen LogP contribution in [0.5, 0.6) is 5.88 Å². The molecule has 0 saturated carbocycles. The standard InChI is InChI=1S/C14H24N4O/c1-3-18(10-12-6-5-7-15-9-12)13-8-14(19-4-2)17-11-16-13/h8,11-12,15H,3-7,9-10H2,1-2H3. The van der Waals surface area contributed by atoms with Gasteiger partial charge in [0.1, 0.15) is 12.1 Å². The predicted molar refractivity (Wildman–Crippen MR) is 76.7 cm³/mol. The highest BCUT2D eigenvalue weighted by molar-refractivity contribution is 5.40. The van der Waals surface area contributed by atoms with E-state index in [-0.39, 0.29) is 0 Å². The van der Waals surface area contributed by atoms with Crippen molar-refractivity contribution in [3.05, 3.63) is 12.4 Å². The second kappa shape index (κ2) is 7.28. The summed E-state index contributed by atoms with van der Waals surface area (Å²) in [7, 11) is 0. The van der Waals surface area contributed by atoms with Crippen LogP contribution in [0.3, 0.4) is 0 Å². The number of nitrogens with one attached hydrogen (secondary N) is 1. The second-order valence-electron chi connectivity index (χ2n) is 4.90. The summed E-state index contributed by atoms with van der Waals surface area (Å²) in [5.74, 6) is 2.33. The van der Waals surface area contributed by atoms with E-state index in [4.69, 9.17) is 4.74 Å². The predicted octanol–water partition coefficient (Wildman–Crippen LogP) is 1.70. The van der Waals surface area contributed by atoms with Crippen molar-refractivity contribution in [3.63, 3.8) is 0 Å². The molecule has 0 bridgehead atoms. The molecule has 19 heavy (non-hydrogen) atoms. The van der Waals surface area contributed by atoms with Crippen LogP contribution in [0.15, 0.2) is 12.4 Å². The molecule has 1 aliphatic rings. The number of nitrogens with zero attached hydrogens (tertiary/aromatic N) is 3.